The molecule has 0 radical (unpaired) electrons. The van der Waals surface area contributed by atoms with Crippen LogP contribution in [0.1, 0.15) is 16.7 Å². The van der Waals surface area contributed by atoms with Gasteiger partial charge in [0.1, 0.15) is 12.4 Å². The molecule has 2 heteroatoms. The minimum atomic E-state index is 0.597. The van der Waals surface area contributed by atoms with Gasteiger partial charge in [0.05, 0.1) is 0 Å². The summed E-state index contributed by atoms with van der Waals surface area (Å²) in [7, 11) is 0. The van der Waals surface area contributed by atoms with Gasteiger partial charge in [-0.3, -0.25) is 0 Å². The van der Waals surface area contributed by atoms with Crippen LogP contribution in [0.3, 0.4) is 0 Å². The average molecular weight is 353 g/mol. The number of benzene rings is 4. The van der Waals surface area contributed by atoms with Crippen LogP contribution in [-0.4, -0.2) is 0 Å². The molecular formula is C25H23NO. The van der Waals surface area contributed by atoms with Crippen molar-refractivity contribution >= 4 is 16.5 Å². The molecule has 0 fully saturated rings. The maximum Gasteiger partial charge on any atom is 0.119 e. The van der Waals surface area contributed by atoms with E-state index in [0.717, 1.165) is 18.0 Å². The maximum atomic E-state index is 5.93. The summed E-state index contributed by atoms with van der Waals surface area (Å²) in [6, 6.07) is 31.4. The fourth-order valence-electron chi connectivity index (χ4n) is 3.21. The van der Waals surface area contributed by atoms with Crippen molar-refractivity contribution in [2.75, 3.05) is 5.32 Å². The van der Waals surface area contributed by atoms with Gasteiger partial charge in [0, 0.05) is 17.6 Å². The van der Waals surface area contributed by atoms with Crippen LogP contribution in [0, 0.1) is 6.92 Å². The molecule has 0 saturated heterocycles. The van der Waals surface area contributed by atoms with E-state index in [4.69, 9.17) is 4.74 Å². The van der Waals surface area contributed by atoms with Crippen molar-refractivity contribution in [3.05, 3.63) is 108 Å². The maximum absolute atomic E-state index is 5.93. The lowest BCUT2D eigenvalue weighted by molar-refractivity contribution is 0.305. The van der Waals surface area contributed by atoms with Crippen molar-refractivity contribution < 1.29 is 4.74 Å². The van der Waals surface area contributed by atoms with Gasteiger partial charge >= 0.3 is 0 Å². The number of hydrogen-bond donors (Lipinski definition) is 1. The van der Waals surface area contributed by atoms with Crippen molar-refractivity contribution in [1.82, 2.24) is 0 Å². The average Bonchev–Trinajstić information content (AvgIpc) is 2.72. The lowest BCUT2D eigenvalue weighted by Crippen LogP contribution is -2.01. The van der Waals surface area contributed by atoms with E-state index in [9.17, 15) is 0 Å². The summed E-state index contributed by atoms with van der Waals surface area (Å²) in [6.45, 7) is 3.49. The Morgan fingerprint density at radius 2 is 1.48 bits per heavy atom. The zero-order valence-electron chi connectivity index (χ0n) is 15.5. The quantitative estimate of drug-likeness (QED) is 0.437. The Bertz CT molecular complexity index is 1030. The van der Waals surface area contributed by atoms with E-state index in [2.05, 4.69) is 85.0 Å². The van der Waals surface area contributed by atoms with E-state index in [0.29, 0.717) is 6.61 Å². The van der Waals surface area contributed by atoms with Gasteiger partial charge in [-0.15, -0.1) is 0 Å². The van der Waals surface area contributed by atoms with Crippen LogP contribution in [0.2, 0.25) is 0 Å². The molecule has 4 aromatic carbocycles. The summed E-state index contributed by atoms with van der Waals surface area (Å²) in [4.78, 5) is 0. The molecule has 4 aromatic rings. The van der Waals surface area contributed by atoms with Gasteiger partial charge in [0.15, 0.2) is 0 Å². The van der Waals surface area contributed by atoms with Gasteiger partial charge in [-0.2, -0.15) is 0 Å². The highest BCUT2D eigenvalue weighted by Crippen LogP contribution is 2.24. The third-order valence-electron chi connectivity index (χ3n) is 4.85. The third-order valence-corrected chi connectivity index (χ3v) is 4.85. The number of ether oxygens (including phenoxy) is 1. The highest BCUT2D eigenvalue weighted by molar-refractivity contribution is 5.93. The lowest BCUT2D eigenvalue weighted by atomic mass is 10.1. The topological polar surface area (TPSA) is 21.3 Å². The first-order valence-corrected chi connectivity index (χ1v) is 9.27. The van der Waals surface area contributed by atoms with Gasteiger partial charge < -0.3 is 10.1 Å². The fraction of sp³-hybridized carbons (Fsp3) is 0.120. The van der Waals surface area contributed by atoms with Crippen LogP contribution >= 0.6 is 0 Å². The number of rotatable bonds is 6. The Kier molecular flexibility index (Phi) is 5.06. The van der Waals surface area contributed by atoms with E-state index in [1.807, 2.05) is 18.2 Å². The highest BCUT2D eigenvalue weighted by atomic mass is 16.5. The van der Waals surface area contributed by atoms with E-state index < -0.39 is 0 Å². The predicted octanol–water partition coefficient (Wildman–Crippen LogP) is 6.34. The smallest absolute Gasteiger partial charge is 0.119 e. The second kappa shape index (κ2) is 7.96. The number of fused-ring (bicyclic) bond motifs is 1. The van der Waals surface area contributed by atoms with Crippen molar-refractivity contribution in [2.45, 2.75) is 20.1 Å². The molecule has 1 N–H and O–H groups in total. The van der Waals surface area contributed by atoms with E-state index in [1.165, 1.54) is 27.5 Å². The van der Waals surface area contributed by atoms with Crippen molar-refractivity contribution in [3.8, 4) is 5.75 Å². The molecule has 0 aliphatic heterocycles. The van der Waals surface area contributed by atoms with E-state index in [1.54, 1.807) is 0 Å². The molecule has 4 rings (SSSR count). The molecule has 134 valence electrons. The van der Waals surface area contributed by atoms with Crippen LogP contribution in [0.15, 0.2) is 91.0 Å². The summed E-state index contributed by atoms with van der Waals surface area (Å²) < 4.78 is 5.93. The SMILES string of the molecule is Cc1ccccc1COc1ccc(CNc2cccc3ccccc23)cc1. The molecule has 0 bridgehead atoms. The van der Waals surface area contributed by atoms with Crippen LogP contribution in [0.4, 0.5) is 5.69 Å². The molecule has 0 heterocycles. The Morgan fingerprint density at radius 3 is 2.33 bits per heavy atom. The third kappa shape index (κ3) is 4.12. The Balaban J connectivity index is 1.38. The van der Waals surface area contributed by atoms with Gasteiger partial charge in [0.2, 0.25) is 0 Å². The summed E-state index contributed by atoms with van der Waals surface area (Å²) >= 11 is 0. The second-order valence-electron chi connectivity index (χ2n) is 6.74. The molecule has 0 aliphatic carbocycles. The number of aryl methyl sites for hydroxylation is 1. The highest BCUT2D eigenvalue weighted by Gasteiger charge is 2.02. The second-order valence-corrected chi connectivity index (χ2v) is 6.74. The molecule has 0 aliphatic rings. The number of anilines is 1. The largest absolute Gasteiger partial charge is 0.489 e. The number of hydrogen-bond acceptors (Lipinski definition) is 2. The normalized spacial score (nSPS) is 10.7. The van der Waals surface area contributed by atoms with Crippen molar-refractivity contribution in [2.24, 2.45) is 0 Å². The monoisotopic (exact) mass is 353 g/mol. The lowest BCUT2D eigenvalue weighted by Gasteiger charge is -2.11. The van der Waals surface area contributed by atoms with Gasteiger partial charge in [0.25, 0.3) is 0 Å². The zero-order valence-corrected chi connectivity index (χ0v) is 15.5. The molecular weight excluding hydrogens is 330 g/mol. The summed E-state index contributed by atoms with van der Waals surface area (Å²) in [6.07, 6.45) is 0. The number of nitrogens with one attached hydrogen (secondary N) is 1. The molecule has 0 unspecified atom stereocenters. The molecule has 0 saturated carbocycles. The van der Waals surface area contributed by atoms with Crippen LogP contribution < -0.4 is 10.1 Å². The zero-order chi connectivity index (χ0) is 18.5. The van der Waals surface area contributed by atoms with E-state index in [-0.39, 0.29) is 0 Å². The van der Waals surface area contributed by atoms with Crippen LogP contribution in [-0.2, 0) is 13.2 Å². The Labute approximate surface area is 160 Å². The molecule has 2 nitrogen and oxygen atoms in total. The van der Waals surface area contributed by atoms with Crippen LogP contribution in [0.5, 0.6) is 5.75 Å². The Morgan fingerprint density at radius 1 is 0.741 bits per heavy atom. The summed E-state index contributed by atoms with van der Waals surface area (Å²) in [5.74, 6) is 0.896. The fourth-order valence-corrected chi connectivity index (χ4v) is 3.21. The first-order chi connectivity index (χ1) is 13.3. The minimum Gasteiger partial charge on any atom is -0.489 e. The molecule has 0 atom stereocenters. The molecule has 0 aromatic heterocycles. The van der Waals surface area contributed by atoms with Crippen molar-refractivity contribution in [1.29, 1.82) is 0 Å². The summed E-state index contributed by atoms with van der Waals surface area (Å²) in [5.41, 5.74) is 4.87. The molecule has 0 spiro atoms. The standard InChI is InChI=1S/C25H23NO/c1-19-7-2-3-9-22(19)18-27-23-15-13-20(14-16-23)17-26-25-12-6-10-21-8-4-5-11-24(21)25/h2-16,26H,17-18H2,1H3. The predicted molar refractivity (Wildman–Crippen MR) is 113 cm³/mol. The molecule has 27 heavy (non-hydrogen) atoms. The first kappa shape index (κ1) is 17.2. The molecule has 0 amide bonds. The van der Waals surface area contributed by atoms with Gasteiger partial charge in [-0.25, -0.2) is 0 Å². The van der Waals surface area contributed by atoms with Gasteiger partial charge in [-0.1, -0.05) is 72.8 Å². The first-order valence-electron chi connectivity index (χ1n) is 9.27. The summed E-state index contributed by atoms with van der Waals surface area (Å²) in [5, 5.41) is 6.05. The van der Waals surface area contributed by atoms with Crippen molar-refractivity contribution in [3.63, 3.8) is 0 Å². The van der Waals surface area contributed by atoms with Gasteiger partial charge in [-0.05, 0) is 47.2 Å². The minimum absolute atomic E-state index is 0.597. The Hall–Kier alpha value is -3.26. The van der Waals surface area contributed by atoms with E-state index >= 15 is 0 Å². The van der Waals surface area contributed by atoms with Crippen LogP contribution in [0.25, 0.3) is 10.8 Å².